The van der Waals surface area contributed by atoms with Crippen molar-refractivity contribution < 1.29 is 18.3 Å². The van der Waals surface area contributed by atoms with Crippen LogP contribution in [0, 0.1) is 5.82 Å². The summed E-state index contributed by atoms with van der Waals surface area (Å²) >= 11 is 0. The number of carbonyl (C=O) groups is 1. The van der Waals surface area contributed by atoms with Crippen LogP contribution in [-0.4, -0.2) is 12.5 Å². The average Bonchev–Trinajstić information content (AvgIpc) is 2.69. The van der Waals surface area contributed by atoms with E-state index in [-0.39, 0.29) is 18.1 Å². The van der Waals surface area contributed by atoms with E-state index in [0.29, 0.717) is 18.5 Å². The van der Waals surface area contributed by atoms with Crippen molar-refractivity contribution in [1.82, 2.24) is 5.32 Å². The first-order chi connectivity index (χ1) is 13.1. The molecule has 0 saturated carbocycles. The minimum Gasteiger partial charge on any atom is -0.482 e. The quantitative estimate of drug-likeness (QED) is 0.696. The van der Waals surface area contributed by atoms with Crippen molar-refractivity contribution in [2.45, 2.75) is 13.0 Å². The molecule has 5 nitrogen and oxygen atoms in total. The third-order valence-electron chi connectivity index (χ3n) is 3.90. The van der Waals surface area contributed by atoms with E-state index in [1.165, 1.54) is 6.07 Å². The molecule has 0 aliphatic heterocycles. The summed E-state index contributed by atoms with van der Waals surface area (Å²) in [6.07, 6.45) is 1.73. The highest BCUT2D eigenvalue weighted by Gasteiger charge is 2.12. The number of benzene rings is 2. The molecule has 27 heavy (non-hydrogen) atoms. The van der Waals surface area contributed by atoms with Crippen molar-refractivity contribution in [2.24, 2.45) is 0 Å². The molecule has 0 radical (unpaired) electrons. The maximum absolute atomic E-state index is 13.6. The molecule has 2 aromatic carbocycles. The van der Waals surface area contributed by atoms with Gasteiger partial charge in [-0.2, -0.15) is 0 Å². The Labute approximate surface area is 155 Å². The van der Waals surface area contributed by atoms with E-state index >= 15 is 0 Å². The first-order valence-electron chi connectivity index (χ1n) is 8.44. The highest BCUT2D eigenvalue weighted by molar-refractivity contribution is 5.91. The van der Waals surface area contributed by atoms with Crippen LogP contribution in [-0.2, 0) is 13.0 Å². The van der Waals surface area contributed by atoms with Crippen molar-refractivity contribution in [3.8, 4) is 5.75 Å². The number of hydrogen-bond donors (Lipinski definition) is 1. The van der Waals surface area contributed by atoms with Gasteiger partial charge in [0.15, 0.2) is 5.76 Å². The van der Waals surface area contributed by atoms with E-state index in [1.807, 2.05) is 30.3 Å². The summed E-state index contributed by atoms with van der Waals surface area (Å²) in [5, 5.41) is 2.70. The van der Waals surface area contributed by atoms with E-state index < -0.39 is 17.2 Å². The second-order valence-corrected chi connectivity index (χ2v) is 5.84. The first-order valence-corrected chi connectivity index (χ1v) is 8.44. The summed E-state index contributed by atoms with van der Waals surface area (Å²) in [4.78, 5) is 24.2. The third kappa shape index (κ3) is 5.04. The molecule has 0 bridgehead atoms. The van der Waals surface area contributed by atoms with E-state index in [4.69, 9.17) is 9.15 Å². The summed E-state index contributed by atoms with van der Waals surface area (Å²) in [5.41, 5.74) is 0.904. The molecule has 0 unspecified atom stereocenters. The van der Waals surface area contributed by atoms with Crippen molar-refractivity contribution in [3.05, 3.63) is 99.9 Å². The summed E-state index contributed by atoms with van der Waals surface area (Å²) < 4.78 is 24.1. The molecule has 1 heterocycles. The van der Waals surface area contributed by atoms with Crippen molar-refractivity contribution in [3.63, 3.8) is 0 Å². The number of rotatable bonds is 7. The van der Waals surface area contributed by atoms with Gasteiger partial charge in [-0.15, -0.1) is 0 Å². The minimum absolute atomic E-state index is 0.0842. The second-order valence-electron chi connectivity index (χ2n) is 5.84. The number of halogens is 1. The first kappa shape index (κ1) is 18.4. The molecular weight excluding hydrogens is 349 g/mol. The smallest absolute Gasteiger partial charge is 0.287 e. The monoisotopic (exact) mass is 367 g/mol. The number of nitrogens with one attached hydrogen (secondary N) is 1. The Kier molecular flexibility index (Phi) is 5.99. The van der Waals surface area contributed by atoms with Crippen LogP contribution in [0.25, 0.3) is 0 Å². The van der Waals surface area contributed by atoms with Crippen LogP contribution in [0.2, 0.25) is 0 Å². The van der Waals surface area contributed by atoms with Crippen molar-refractivity contribution in [1.29, 1.82) is 0 Å². The molecule has 0 saturated heterocycles. The van der Waals surface area contributed by atoms with E-state index in [0.717, 1.165) is 17.9 Å². The average molecular weight is 367 g/mol. The molecule has 0 atom stereocenters. The lowest BCUT2D eigenvalue weighted by molar-refractivity contribution is 0.0923. The normalized spacial score (nSPS) is 10.4. The Balaban J connectivity index is 1.56. The van der Waals surface area contributed by atoms with Crippen LogP contribution in [0.1, 0.15) is 21.7 Å². The fourth-order valence-corrected chi connectivity index (χ4v) is 2.45. The van der Waals surface area contributed by atoms with Gasteiger partial charge in [0.05, 0.1) is 0 Å². The largest absolute Gasteiger partial charge is 0.482 e. The van der Waals surface area contributed by atoms with Crippen LogP contribution in [0.5, 0.6) is 5.75 Å². The zero-order chi connectivity index (χ0) is 19.1. The maximum atomic E-state index is 13.6. The molecule has 0 spiro atoms. The molecule has 0 aliphatic rings. The van der Waals surface area contributed by atoms with Crippen LogP contribution in [0.4, 0.5) is 4.39 Å². The molecule has 1 amide bonds. The molecule has 0 fully saturated rings. The van der Waals surface area contributed by atoms with Gasteiger partial charge in [0.25, 0.3) is 5.91 Å². The maximum Gasteiger partial charge on any atom is 0.287 e. The summed E-state index contributed by atoms with van der Waals surface area (Å²) in [6, 6.07) is 16.9. The van der Waals surface area contributed by atoms with Gasteiger partial charge in [0, 0.05) is 18.2 Å². The van der Waals surface area contributed by atoms with Crippen LogP contribution >= 0.6 is 0 Å². The number of amides is 1. The molecule has 138 valence electrons. The fourth-order valence-electron chi connectivity index (χ4n) is 2.45. The van der Waals surface area contributed by atoms with Gasteiger partial charge in [-0.05, 0) is 18.1 Å². The Bertz CT molecular complexity index is 969. The van der Waals surface area contributed by atoms with Gasteiger partial charge in [-0.3, -0.25) is 9.59 Å². The molecular formula is C21H18FNO4. The van der Waals surface area contributed by atoms with Crippen molar-refractivity contribution >= 4 is 5.91 Å². The zero-order valence-electron chi connectivity index (χ0n) is 14.5. The third-order valence-corrected chi connectivity index (χ3v) is 3.90. The molecule has 0 aliphatic carbocycles. The zero-order valence-corrected chi connectivity index (χ0v) is 14.5. The SMILES string of the molecule is O=C(NCCc1ccccc1)c1cc(=O)c(OCc2ccccc2F)co1. The summed E-state index contributed by atoms with van der Waals surface area (Å²) in [6.45, 7) is 0.304. The highest BCUT2D eigenvalue weighted by atomic mass is 19.1. The van der Waals surface area contributed by atoms with Crippen molar-refractivity contribution in [2.75, 3.05) is 6.54 Å². The minimum atomic E-state index is -0.509. The standard InChI is InChI=1S/C21H18FNO4/c22-17-9-5-4-8-16(17)13-26-20-14-27-19(12-18(20)24)21(25)23-11-10-15-6-2-1-3-7-15/h1-9,12,14H,10-11,13H2,(H,23,25). The summed E-state index contributed by atoms with van der Waals surface area (Å²) in [5.74, 6) is -1.09. The van der Waals surface area contributed by atoms with Crippen LogP contribution in [0.3, 0.4) is 0 Å². The number of hydrogen-bond acceptors (Lipinski definition) is 4. The topological polar surface area (TPSA) is 68.5 Å². The van der Waals surface area contributed by atoms with E-state index in [2.05, 4.69) is 5.32 Å². The predicted molar refractivity (Wildman–Crippen MR) is 98.2 cm³/mol. The van der Waals surface area contributed by atoms with Gasteiger partial charge in [-0.25, -0.2) is 4.39 Å². The van der Waals surface area contributed by atoms with E-state index in [1.54, 1.807) is 18.2 Å². The predicted octanol–water partition coefficient (Wildman–Crippen LogP) is 3.33. The Morgan fingerprint density at radius 3 is 2.56 bits per heavy atom. The van der Waals surface area contributed by atoms with Crippen LogP contribution < -0.4 is 15.5 Å². The molecule has 1 aromatic heterocycles. The lowest BCUT2D eigenvalue weighted by Gasteiger charge is -2.07. The number of ether oxygens (including phenoxy) is 1. The Morgan fingerprint density at radius 2 is 1.81 bits per heavy atom. The lowest BCUT2D eigenvalue weighted by atomic mass is 10.1. The molecule has 6 heteroatoms. The van der Waals surface area contributed by atoms with Gasteiger partial charge < -0.3 is 14.5 Å². The molecule has 3 rings (SSSR count). The molecule has 3 aromatic rings. The van der Waals surface area contributed by atoms with Gasteiger partial charge >= 0.3 is 0 Å². The molecule has 1 N–H and O–H groups in total. The second kappa shape index (κ2) is 8.80. The van der Waals surface area contributed by atoms with Gasteiger partial charge in [0.1, 0.15) is 18.7 Å². The fraction of sp³-hybridized carbons (Fsp3) is 0.143. The van der Waals surface area contributed by atoms with Gasteiger partial charge in [-0.1, -0.05) is 48.5 Å². The highest BCUT2D eigenvalue weighted by Crippen LogP contribution is 2.12. The van der Waals surface area contributed by atoms with E-state index in [9.17, 15) is 14.0 Å². The Hall–Kier alpha value is -3.41. The Morgan fingerprint density at radius 1 is 1.07 bits per heavy atom. The summed E-state index contributed by atoms with van der Waals surface area (Å²) in [7, 11) is 0. The van der Waals surface area contributed by atoms with Gasteiger partial charge in [0.2, 0.25) is 11.2 Å². The lowest BCUT2D eigenvalue weighted by Crippen LogP contribution is -2.26. The number of carbonyl (C=O) groups excluding carboxylic acids is 1. The van der Waals surface area contributed by atoms with Crippen LogP contribution in [0.15, 0.2) is 76.1 Å².